The average Bonchev–Trinajstić information content (AvgIpc) is 3.41. The third kappa shape index (κ3) is 4.57. The molecular formula is C29H36FN3O2. The lowest BCUT2D eigenvalue weighted by molar-refractivity contribution is 0.0736. The number of allylic oxidation sites excluding steroid dienone is 1. The molecule has 2 aromatic carbocycles. The highest BCUT2D eigenvalue weighted by molar-refractivity contribution is 5.85. The Balaban J connectivity index is 1.42. The molecule has 2 N–H and O–H groups in total. The lowest BCUT2D eigenvalue weighted by Crippen LogP contribution is -2.41. The van der Waals surface area contributed by atoms with Crippen LogP contribution < -0.4 is 4.74 Å². The molecule has 1 saturated heterocycles. The van der Waals surface area contributed by atoms with E-state index in [1.165, 1.54) is 27.7 Å². The van der Waals surface area contributed by atoms with Crippen molar-refractivity contribution in [2.24, 2.45) is 0 Å². The highest BCUT2D eigenvalue weighted by Crippen LogP contribution is 2.43. The van der Waals surface area contributed by atoms with Crippen molar-refractivity contribution in [1.29, 1.82) is 0 Å². The number of halogens is 1. The molecule has 6 heteroatoms. The Morgan fingerprint density at radius 2 is 1.94 bits per heavy atom. The quantitative estimate of drug-likeness (QED) is 0.468. The molecule has 0 amide bonds. The van der Waals surface area contributed by atoms with E-state index in [-0.39, 0.29) is 18.8 Å². The Bertz CT molecular complexity index is 1170. The average molecular weight is 478 g/mol. The number of aromatic amines is 1. The van der Waals surface area contributed by atoms with Gasteiger partial charge < -0.3 is 19.7 Å². The summed E-state index contributed by atoms with van der Waals surface area (Å²) in [4.78, 5) is 8.24. The number of likely N-dealkylation sites (tertiary alicyclic amines) is 1. The number of hydrogen-bond donors (Lipinski definition) is 2. The van der Waals surface area contributed by atoms with Crippen molar-refractivity contribution < 1.29 is 14.2 Å². The lowest BCUT2D eigenvalue weighted by Gasteiger charge is -2.43. The molecular weight excluding hydrogens is 441 g/mol. The lowest BCUT2D eigenvalue weighted by atomic mass is 9.88. The predicted octanol–water partition coefficient (Wildman–Crippen LogP) is 5.21. The van der Waals surface area contributed by atoms with Gasteiger partial charge in [-0.2, -0.15) is 0 Å². The largest absolute Gasteiger partial charge is 0.486 e. The number of benzene rings is 2. The first-order chi connectivity index (χ1) is 17.0. The number of aliphatic hydroxyl groups excluding tert-OH is 1. The van der Waals surface area contributed by atoms with Crippen LogP contribution >= 0.6 is 0 Å². The van der Waals surface area contributed by atoms with Crippen molar-refractivity contribution in [1.82, 2.24) is 14.8 Å². The number of nitrogens with one attached hydrogen (secondary N) is 1. The van der Waals surface area contributed by atoms with Gasteiger partial charge in [-0.05, 0) is 55.5 Å². The van der Waals surface area contributed by atoms with Crippen molar-refractivity contribution in [3.8, 4) is 5.75 Å². The topological polar surface area (TPSA) is 51.7 Å². The zero-order chi connectivity index (χ0) is 24.5. The number of hydrogen-bond acceptors (Lipinski definition) is 4. The number of rotatable bonds is 8. The van der Waals surface area contributed by atoms with Crippen LogP contribution in [0, 0.1) is 0 Å². The van der Waals surface area contributed by atoms with Gasteiger partial charge in [-0.25, -0.2) is 0 Å². The summed E-state index contributed by atoms with van der Waals surface area (Å²) >= 11 is 0. The third-order valence-corrected chi connectivity index (χ3v) is 7.55. The molecule has 3 aromatic rings. The van der Waals surface area contributed by atoms with Crippen LogP contribution in [0.3, 0.4) is 0 Å². The number of β-amino-alcohol motifs (C(OH)–C–C–N with tert-alkyl or cyclic N) is 1. The molecule has 0 aliphatic carbocycles. The van der Waals surface area contributed by atoms with Gasteiger partial charge in [-0.1, -0.05) is 43.8 Å². The Morgan fingerprint density at radius 1 is 1.17 bits per heavy atom. The van der Waals surface area contributed by atoms with Gasteiger partial charge in [0.15, 0.2) is 0 Å². The van der Waals surface area contributed by atoms with Crippen LogP contribution in [-0.2, 0) is 6.42 Å². The van der Waals surface area contributed by atoms with Gasteiger partial charge in [0, 0.05) is 48.0 Å². The first kappa shape index (κ1) is 23.9. The fourth-order valence-electron chi connectivity index (χ4n) is 5.78. The molecule has 5 nitrogen and oxygen atoms in total. The molecule has 4 atom stereocenters. The molecule has 186 valence electrons. The van der Waals surface area contributed by atoms with E-state index in [0.717, 1.165) is 24.3 Å². The zero-order valence-corrected chi connectivity index (χ0v) is 20.7. The molecule has 5 rings (SSSR count). The molecule has 0 radical (unpaired) electrons. The van der Waals surface area contributed by atoms with Gasteiger partial charge in [0.25, 0.3) is 0 Å². The first-order valence-electron chi connectivity index (χ1n) is 12.8. The second-order valence-corrected chi connectivity index (χ2v) is 9.94. The van der Waals surface area contributed by atoms with E-state index in [4.69, 9.17) is 4.74 Å². The van der Waals surface area contributed by atoms with E-state index in [0.29, 0.717) is 32.1 Å². The minimum absolute atomic E-state index is 0.0518. The van der Waals surface area contributed by atoms with Crippen molar-refractivity contribution in [2.75, 3.05) is 26.3 Å². The summed E-state index contributed by atoms with van der Waals surface area (Å²) in [7, 11) is 0. The molecule has 3 heterocycles. The molecule has 2 aliphatic rings. The zero-order valence-electron chi connectivity index (χ0n) is 20.7. The van der Waals surface area contributed by atoms with E-state index in [1.54, 1.807) is 0 Å². The summed E-state index contributed by atoms with van der Waals surface area (Å²) < 4.78 is 18.7. The van der Waals surface area contributed by atoms with E-state index in [2.05, 4.69) is 71.6 Å². The monoisotopic (exact) mass is 477 g/mol. The SMILES string of the molecule is C=C(CC)N1[C@H](c2ccc(O[C@H]3CN(CCCF)C[C@@H]3O)cc2)c2[nH]c3ccccc3c2C[C@H]1C. The Labute approximate surface area is 207 Å². The van der Waals surface area contributed by atoms with Gasteiger partial charge >= 0.3 is 0 Å². The number of alkyl halides is 1. The number of aliphatic hydroxyl groups is 1. The van der Waals surface area contributed by atoms with Crippen molar-refractivity contribution in [3.05, 3.63) is 77.6 Å². The summed E-state index contributed by atoms with van der Waals surface area (Å²) in [6, 6.07) is 17.2. The summed E-state index contributed by atoms with van der Waals surface area (Å²) in [6.07, 6.45) is 1.51. The molecule has 1 fully saturated rings. The maximum atomic E-state index is 12.5. The molecule has 0 unspecified atom stereocenters. The minimum atomic E-state index is -0.564. The Hall–Kier alpha value is -2.83. The third-order valence-electron chi connectivity index (χ3n) is 7.55. The van der Waals surface area contributed by atoms with Gasteiger partial charge in [-0.3, -0.25) is 9.29 Å². The Kier molecular flexibility index (Phi) is 6.85. The highest BCUT2D eigenvalue weighted by atomic mass is 19.1. The van der Waals surface area contributed by atoms with E-state index in [1.807, 2.05) is 12.1 Å². The summed E-state index contributed by atoms with van der Waals surface area (Å²) in [6.45, 7) is 10.3. The van der Waals surface area contributed by atoms with Crippen LogP contribution in [0.1, 0.15) is 49.6 Å². The summed E-state index contributed by atoms with van der Waals surface area (Å²) in [5.74, 6) is 0.742. The van der Waals surface area contributed by atoms with Gasteiger partial charge in [-0.15, -0.1) is 0 Å². The molecule has 0 bridgehead atoms. The van der Waals surface area contributed by atoms with E-state index < -0.39 is 6.10 Å². The molecule has 2 aliphatic heterocycles. The number of nitrogens with zero attached hydrogens (tertiary/aromatic N) is 2. The second-order valence-electron chi connectivity index (χ2n) is 9.94. The number of para-hydroxylation sites is 1. The van der Waals surface area contributed by atoms with E-state index >= 15 is 0 Å². The molecule has 0 spiro atoms. The van der Waals surface area contributed by atoms with E-state index in [9.17, 15) is 9.50 Å². The molecule has 1 aromatic heterocycles. The van der Waals surface area contributed by atoms with Crippen LogP contribution in [0.15, 0.2) is 60.8 Å². The molecule has 0 saturated carbocycles. The highest BCUT2D eigenvalue weighted by Gasteiger charge is 2.36. The fourth-order valence-corrected chi connectivity index (χ4v) is 5.78. The van der Waals surface area contributed by atoms with Crippen LogP contribution in [-0.4, -0.2) is 64.4 Å². The van der Waals surface area contributed by atoms with Crippen LogP contribution in [0.5, 0.6) is 5.75 Å². The van der Waals surface area contributed by atoms with Crippen LogP contribution in [0.25, 0.3) is 10.9 Å². The molecule has 35 heavy (non-hydrogen) atoms. The van der Waals surface area contributed by atoms with Gasteiger partial charge in [0.2, 0.25) is 0 Å². The maximum absolute atomic E-state index is 12.5. The second kappa shape index (κ2) is 10.0. The van der Waals surface area contributed by atoms with Crippen molar-refractivity contribution in [2.45, 2.75) is 57.4 Å². The summed E-state index contributed by atoms with van der Waals surface area (Å²) in [5, 5.41) is 11.7. The number of fused-ring (bicyclic) bond motifs is 3. The standard InChI is InChI=1S/C29H36FN3O2/c1-4-19(2)33-20(3)16-24-23-8-5-6-9-25(23)31-28(24)29(33)21-10-12-22(13-11-21)35-27-18-32(15-7-14-30)17-26(27)34/h5-6,8-13,20,26-27,29,31,34H,2,4,7,14-18H2,1,3H3/t20-,26+,27+,29-/m1/s1. The fraction of sp³-hybridized carbons (Fsp3) is 0.448. The van der Waals surface area contributed by atoms with Crippen LogP contribution in [0.4, 0.5) is 4.39 Å². The van der Waals surface area contributed by atoms with Crippen molar-refractivity contribution in [3.63, 3.8) is 0 Å². The van der Waals surface area contributed by atoms with Gasteiger partial charge in [0.1, 0.15) is 18.0 Å². The number of aromatic nitrogens is 1. The Morgan fingerprint density at radius 3 is 2.69 bits per heavy atom. The normalized spacial score (nSPS) is 24.6. The number of ether oxygens (including phenoxy) is 1. The first-order valence-corrected chi connectivity index (χ1v) is 12.8. The summed E-state index contributed by atoms with van der Waals surface area (Å²) in [5.41, 5.74) is 6.12. The van der Waals surface area contributed by atoms with Crippen LogP contribution in [0.2, 0.25) is 0 Å². The van der Waals surface area contributed by atoms with Crippen molar-refractivity contribution >= 4 is 10.9 Å². The minimum Gasteiger partial charge on any atom is -0.486 e. The smallest absolute Gasteiger partial charge is 0.138 e. The predicted molar refractivity (Wildman–Crippen MR) is 138 cm³/mol. The number of H-pyrrole nitrogens is 1. The van der Waals surface area contributed by atoms with Gasteiger partial charge in [0.05, 0.1) is 12.7 Å². The maximum Gasteiger partial charge on any atom is 0.138 e.